The fourth-order valence-corrected chi connectivity index (χ4v) is 2.25. The number of aliphatic imine (C=N–C) groups is 1. The maximum Gasteiger partial charge on any atom is 0.183 e. The average Bonchev–Trinajstić information content (AvgIpc) is 3.04. The van der Waals surface area contributed by atoms with Crippen molar-refractivity contribution in [2.45, 2.75) is 25.0 Å². The molecule has 0 unspecified atom stereocenters. The molecule has 2 atom stereocenters. The van der Waals surface area contributed by atoms with Gasteiger partial charge in [-0.3, -0.25) is 10.3 Å². The van der Waals surface area contributed by atoms with Gasteiger partial charge in [-0.2, -0.15) is 5.26 Å². The predicted molar refractivity (Wildman–Crippen MR) is 70.0 cm³/mol. The van der Waals surface area contributed by atoms with Crippen LogP contribution in [0.4, 0.5) is 0 Å². The second-order valence-electron chi connectivity index (χ2n) is 3.92. The highest BCUT2D eigenvalue weighted by Gasteiger charge is 2.27. The number of nitrogens with one attached hydrogen (secondary N) is 2. The second-order valence-corrected chi connectivity index (χ2v) is 4.71. The third-order valence-corrected chi connectivity index (χ3v) is 3.39. The molecule has 6 nitrogen and oxygen atoms in total. The van der Waals surface area contributed by atoms with E-state index in [0.29, 0.717) is 11.7 Å². The van der Waals surface area contributed by atoms with Crippen molar-refractivity contribution < 1.29 is 4.74 Å². The minimum atomic E-state index is 0.0920. The topological polar surface area (TPSA) is 86.1 Å². The van der Waals surface area contributed by atoms with Gasteiger partial charge in [0.15, 0.2) is 11.4 Å². The van der Waals surface area contributed by atoms with Crippen molar-refractivity contribution in [3.8, 4) is 6.19 Å². The summed E-state index contributed by atoms with van der Waals surface area (Å²) in [6.07, 6.45) is 9.36. The Morgan fingerprint density at radius 1 is 1.78 bits per heavy atom. The zero-order valence-electron chi connectivity index (χ0n) is 10.1. The van der Waals surface area contributed by atoms with E-state index in [-0.39, 0.29) is 12.2 Å². The number of rotatable bonds is 3. The Kier molecular flexibility index (Phi) is 4.61. The highest BCUT2D eigenvalue weighted by molar-refractivity contribution is 8.13. The Balaban J connectivity index is 1.84. The quantitative estimate of drug-likeness (QED) is 0.373. The highest BCUT2D eigenvalue weighted by Crippen LogP contribution is 2.31. The van der Waals surface area contributed by atoms with Crippen molar-refractivity contribution in [2.24, 2.45) is 4.99 Å². The molecule has 1 fully saturated rings. The minimum absolute atomic E-state index is 0.0920. The summed E-state index contributed by atoms with van der Waals surface area (Å²) >= 11 is 1.42. The lowest BCUT2D eigenvalue weighted by Crippen LogP contribution is -2.17. The van der Waals surface area contributed by atoms with Crippen LogP contribution in [0.2, 0.25) is 0 Å². The van der Waals surface area contributed by atoms with Gasteiger partial charge in [0.1, 0.15) is 0 Å². The van der Waals surface area contributed by atoms with Crippen LogP contribution < -0.4 is 5.32 Å². The number of hydrogen-bond donors (Lipinski definition) is 2. The molecule has 1 saturated heterocycles. The summed E-state index contributed by atoms with van der Waals surface area (Å²) in [7, 11) is 0. The molecule has 1 aromatic heterocycles. The van der Waals surface area contributed by atoms with Gasteiger partial charge >= 0.3 is 0 Å². The van der Waals surface area contributed by atoms with Crippen molar-refractivity contribution >= 4 is 16.9 Å². The normalized spacial score (nSPS) is 23.9. The lowest BCUT2D eigenvalue weighted by atomic mass is 10.1. The molecule has 18 heavy (non-hydrogen) atoms. The van der Waals surface area contributed by atoms with Crippen LogP contribution >= 0.6 is 11.8 Å². The monoisotopic (exact) mass is 265 g/mol. The van der Waals surface area contributed by atoms with Crippen LogP contribution in [-0.4, -0.2) is 34.0 Å². The van der Waals surface area contributed by atoms with E-state index in [0.717, 1.165) is 18.5 Å². The molecule has 0 saturated carbocycles. The number of hydrogen-bond acceptors (Lipinski definition) is 5. The first-order chi connectivity index (χ1) is 8.83. The fraction of sp³-hybridized carbons (Fsp3) is 0.545. The van der Waals surface area contributed by atoms with Gasteiger partial charge in [0.2, 0.25) is 0 Å². The molecule has 2 rings (SSSR count). The molecule has 0 aliphatic carbocycles. The largest absolute Gasteiger partial charge is 0.367 e. The first-order valence-electron chi connectivity index (χ1n) is 5.70. The number of ether oxygens (including phenoxy) is 1. The minimum Gasteiger partial charge on any atom is -0.367 e. The Bertz CT molecular complexity index is 439. The number of aromatic amines is 1. The summed E-state index contributed by atoms with van der Waals surface area (Å²) in [6, 6.07) is 0. The van der Waals surface area contributed by atoms with Crippen LogP contribution in [0, 0.1) is 11.5 Å². The van der Waals surface area contributed by atoms with Gasteiger partial charge in [-0.05, 0) is 19.1 Å². The molecular weight excluding hydrogens is 250 g/mol. The number of imidazole rings is 1. The summed E-state index contributed by atoms with van der Waals surface area (Å²) in [5, 5.41) is 11.7. The smallest absolute Gasteiger partial charge is 0.183 e. The number of nitrogens with zero attached hydrogens (tertiary/aromatic N) is 3. The molecule has 7 heteroatoms. The van der Waals surface area contributed by atoms with E-state index in [1.165, 1.54) is 11.8 Å². The van der Waals surface area contributed by atoms with E-state index >= 15 is 0 Å². The molecule has 0 spiro atoms. The number of nitriles is 1. The second kappa shape index (κ2) is 6.42. The van der Waals surface area contributed by atoms with E-state index in [1.807, 2.05) is 12.4 Å². The van der Waals surface area contributed by atoms with E-state index < -0.39 is 0 Å². The third-order valence-electron chi connectivity index (χ3n) is 2.77. The summed E-state index contributed by atoms with van der Waals surface area (Å²) < 4.78 is 5.88. The van der Waals surface area contributed by atoms with Crippen LogP contribution in [0.25, 0.3) is 0 Å². The maximum atomic E-state index is 8.53. The van der Waals surface area contributed by atoms with Crippen molar-refractivity contribution in [1.82, 2.24) is 15.3 Å². The number of aromatic nitrogens is 2. The number of amidine groups is 1. The molecule has 2 N–H and O–H groups in total. The zero-order chi connectivity index (χ0) is 12.8. The molecule has 96 valence electrons. The average molecular weight is 265 g/mol. The first kappa shape index (κ1) is 12.9. The van der Waals surface area contributed by atoms with E-state index in [9.17, 15) is 0 Å². The highest BCUT2D eigenvalue weighted by atomic mass is 32.2. The first-order valence-corrected chi connectivity index (χ1v) is 6.93. The predicted octanol–water partition coefficient (Wildman–Crippen LogP) is 1.42. The third kappa shape index (κ3) is 3.24. The summed E-state index contributed by atoms with van der Waals surface area (Å²) in [4.78, 5) is 11.4. The van der Waals surface area contributed by atoms with Crippen molar-refractivity contribution in [3.05, 3.63) is 18.2 Å². The lowest BCUT2D eigenvalue weighted by Gasteiger charge is -2.10. The molecular formula is C11H15N5OS. The van der Waals surface area contributed by atoms with Crippen molar-refractivity contribution in [3.63, 3.8) is 0 Å². The molecule has 1 aromatic rings. The van der Waals surface area contributed by atoms with Gasteiger partial charge < -0.3 is 9.72 Å². The summed E-state index contributed by atoms with van der Waals surface area (Å²) in [5.41, 5.74) is 1.02. The maximum absolute atomic E-state index is 8.53. The Morgan fingerprint density at radius 2 is 2.67 bits per heavy atom. The van der Waals surface area contributed by atoms with Gasteiger partial charge in [0.05, 0.1) is 37.0 Å². The van der Waals surface area contributed by atoms with Crippen LogP contribution in [0.15, 0.2) is 17.5 Å². The lowest BCUT2D eigenvalue weighted by molar-refractivity contribution is 0.0479. The molecule has 0 aromatic carbocycles. The van der Waals surface area contributed by atoms with Crippen LogP contribution in [0.1, 0.15) is 24.6 Å². The fourth-order valence-electron chi connectivity index (χ4n) is 1.90. The van der Waals surface area contributed by atoms with E-state index in [2.05, 4.69) is 20.3 Å². The molecule has 0 amide bonds. The molecule has 0 bridgehead atoms. The Hall–Kier alpha value is -1.52. The molecule has 1 aliphatic rings. The summed E-state index contributed by atoms with van der Waals surface area (Å²) in [5.74, 6) is 0. The van der Waals surface area contributed by atoms with Gasteiger partial charge in [0, 0.05) is 0 Å². The van der Waals surface area contributed by atoms with Crippen LogP contribution in [-0.2, 0) is 4.74 Å². The molecule has 2 heterocycles. The van der Waals surface area contributed by atoms with Crippen LogP contribution in [0.5, 0.6) is 0 Å². The van der Waals surface area contributed by atoms with E-state index in [4.69, 9.17) is 10.00 Å². The Morgan fingerprint density at radius 3 is 3.33 bits per heavy atom. The number of H-pyrrole nitrogens is 1. The molecule has 0 radical (unpaired) electrons. The van der Waals surface area contributed by atoms with Crippen molar-refractivity contribution in [2.75, 3.05) is 12.8 Å². The molecule has 1 aliphatic heterocycles. The van der Waals surface area contributed by atoms with Gasteiger partial charge in [-0.1, -0.05) is 11.8 Å². The van der Waals surface area contributed by atoms with E-state index in [1.54, 1.807) is 12.5 Å². The standard InChI is InChI=1S/C11H15N5OS/c1-18-11(15-6-12)14-4-8-2-3-10(17-8)9-5-13-7-16-9/h5,7-8,10H,2-4H2,1H3,(H,13,16)(H,14,15)/t8-,10-/m0/s1. The van der Waals surface area contributed by atoms with Crippen molar-refractivity contribution in [1.29, 1.82) is 5.26 Å². The van der Waals surface area contributed by atoms with Gasteiger partial charge in [0.25, 0.3) is 0 Å². The Labute approximate surface area is 110 Å². The SMILES string of the molecule is CSC(=NC[C@@H]1CC[C@@H](c2cnc[nH]2)O1)NC#N. The zero-order valence-corrected chi connectivity index (χ0v) is 10.9. The summed E-state index contributed by atoms with van der Waals surface area (Å²) in [6.45, 7) is 0.579. The van der Waals surface area contributed by atoms with Gasteiger partial charge in [-0.15, -0.1) is 0 Å². The van der Waals surface area contributed by atoms with Crippen LogP contribution in [0.3, 0.4) is 0 Å². The van der Waals surface area contributed by atoms with Gasteiger partial charge in [-0.25, -0.2) is 4.98 Å². The number of thioether (sulfide) groups is 1.